The number of benzene rings is 2. The lowest BCUT2D eigenvalue weighted by Gasteiger charge is -2.13. The van der Waals surface area contributed by atoms with Crippen LogP contribution in [-0.4, -0.2) is 21.7 Å². The highest BCUT2D eigenvalue weighted by Gasteiger charge is 2.18. The second-order valence-electron chi connectivity index (χ2n) is 6.53. The van der Waals surface area contributed by atoms with E-state index >= 15 is 0 Å². The van der Waals surface area contributed by atoms with Crippen molar-refractivity contribution in [3.63, 3.8) is 0 Å². The third-order valence-electron chi connectivity index (χ3n) is 4.49. The van der Waals surface area contributed by atoms with Crippen molar-refractivity contribution in [2.24, 2.45) is 0 Å². The number of rotatable bonds is 5. The van der Waals surface area contributed by atoms with E-state index in [0.717, 1.165) is 12.1 Å². The first-order chi connectivity index (χ1) is 13.1. The molecule has 0 unspecified atom stereocenters. The van der Waals surface area contributed by atoms with Crippen LogP contribution < -0.4 is 5.32 Å². The Morgan fingerprint density at radius 1 is 1.04 bits per heavy atom. The number of nitrogens with one attached hydrogen (secondary N) is 1. The van der Waals surface area contributed by atoms with E-state index in [0.29, 0.717) is 39.4 Å². The summed E-state index contributed by atoms with van der Waals surface area (Å²) >= 11 is 5.98. The third-order valence-corrected chi connectivity index (χ3v) is 4.74. The van der Waals surface area contributed by atoms with Gasteiger partial charge in [0.25, 0.3) is 0 Å². The van der Waals surface area contributed by atoms with Gasteiger partial charge in [0, 0.05) is 17.1 Å². The Hall–Kier alpha value is -2.92. The normalized spacial score (nSPS) is 12.3. The minimum atomic E-state index is 0.329. The number of hydrogen-bond acceptors (Lipinski definition) is 5. The standard InChI is InChI=1S/C21H19ClN4O/c1-13(15-6-4-3-5-7-15)12-23-21-20-19(24-14(2)25-21)18(26-27-20)16-8-10-17(22)11-9-16/h3-11,13H,12H2,1-2H3,(H,23,24,25)/t13-/m1/s1. The zero-order valence-corrected chi connectivity index (χ0v) is 15.9. The molecule has 4 aromatic rings. The van der Waals surface area contributed by atoms with Crippen LogP contribution in [0.5, 0.6) is 0 Å². The van der Waals surface area contributed by atoms with Gasteiger partial charge in [0.2, 0.25) is 5.58 Å². The van der Waals surface area contributed by atoms with E-state index in [1.165, 1.54) is 5.56 Å². The Morgan fingerprint density at radius 2 is 1.78 bits per heavy atom. The first-order valence-electron chi connectivity index (χ1n) is 8.80. The minimum Gasteiger partial charge on any atom is -0.366 e. The summed E-state index contributed by atoms with van der Waals surface area (Å²) in [5.74, 6) is 1.65. The van der Waals surface area contributed by atoms with Gasteiger partial charge in [-0.1, -0.05) is 66.1 Å². The predicted molar refractivity (Wildman–Crippen MR) is 108 cm³/mol. The van der Waals surface area contributed by atoms with Crippen LogP contribution in [0.1, 0.15) is 24.2 Å². The first kappa shape index (κ1) is 17.5. The fraction of sp³-hybridized carbons (Fsp3) is 0.190. The van der Waals surface area contributed by atoms with E-state index in [1.54, 1.807) is 0 Å². The van der Waals surface area contributed by atoms with Gasteiger partial charge in [-0.3, -0.25) is 0 Å². The van der Waals surface area contributed by atoms with Crippen LogP contribution in [0, 0.1) is 6.92 Å². The molecule has 136 valence electrons. The lowest BCUT2D eigenvalue weighted by molar-refractivity contribution is 0.459. The van der Waals surface area contributed by atoms with Crippen LogP contribution in [0.25, 0.3) is 22.4 Å². The van der Waals surface area contributed by atoms with Crippen LogP contribution >= 0.6 is 11.6 Å². The van der Waals surface area contributed by atoms with E-state index in [2.05, 4.69) is 39.5 Å². The first-order valence-corrected chi connectivity index (χ1v) is 9.18. The number of nitrogens with zero attached hydrogens (tertiary/aromatic N) is 3. The smallest absolute Gasteiger partial charge is 0.228 e. The molecule has 0 aliphatic heterocycles. The number of halogens is 1. The average molecular weight is 379 g/mol. The molecule has 4 rings (SSSR count). The molecule has 0 spiro atoms. The van der Waals surface area contributed by atoms with Gasteiger partial charge in [0.15, 0.2) is 5.82 Å². The van der Waals surface area contributed by atoms with Gasteiger partial charge in [-0.15, -0.1) is 0 Å². The molecule has 0 saturated heterocycles. The summed E-state index contributed by atoms with van der Waals surface area (Å²) in [4.78, 5) is 9.05. The monoisotopic (exact) mass is 378 g/mol. The number of aryl methyl sites for hydroxylation is 1. The summed E-state index contributed by atoms with van der Waals surface area (Å²) in [6.45, 7) is 4.77. The van der Waals surface area contributed by atoms with Crippen LogP contribution in [0.4, 0.5) is 5.82 Å². The van der Waals surface area contributed by atoms with Crippen molar-refractivity contribution in [1.29, 1.82) is 0 Å². The van der Waals surface area contributed by atoms with Crippen LogP contribution in [-0.2, 0) is 0 Å². The van der Waals surface area contributed by atoms with Gasteiger partial charge in [-0.2, -0.15) is 0 Å². The second kappa shape index (κ2) is 7.37. The van der Waals surface area contributed by atoms with E-state index in [1.807, 2.05) is 49.4 Å². The average Bonchev–Trinajstić information content (AvgIpc) is 3.11. The van der Waals surface area contributed by atoms with Crippen molar-refractivity contribution in [2.45, 2.75) is 19.8 Å². The maximum absolute atomic E-state index is 5.98. The summed E-state index contributed by atoms with van der Waals surface area (Å²) in [6, 6.07) is 17.8. The van der Waals surface area contributed by atoms with E-state index in [4.69, 9.17) is 16.1 Å². The van der Waals surface area contributed by atoms with Gasteiger partial charge in [0.05, 0.1) is 0 Å². The third kappa shape index (κ3) is 3.64. The summed E-state index contributed by atoms with van der Waals surface area (Å²) in [5.41, 5.74) is 4.11. The highest BCUT2D eigenvalue weighted by atomic mass is 35.5. The van der Waals surface area contributed by atoms with Gasteiger partial charge in [-0.25, -0.2) is 9.97 Å². The van der Waals surface area contributed by atoms with Gasteiger partial charge in [0.1, 0.15) is 17.0 Å². The Bertz CT molecular complexity index is 1060. The van der Waals surface area contributed by atoms with E-state index < -0.39 is 0 Å². The largest absolute Gasteiger partial charge is 0.366 e. The molecule has 27 heavy (non-hydrogen) atoms. The number of aromatic nitrogens is 3. The number of fused-ring (bicyclic) bond motifs is 1. The fourth-order valence-corrected chi connectivity index (χ4v) is 3.14. The zero-order valence-electron chi connectivity index (χ0n) is 15.1. The number of hydrogen-bond donors (Lipinski definition) is 1. The van der Waals surface area contributed by atoms with Crippen molar-refractivity contribution in [3.05, 3.63) is 71.0 Å². The molecule has 2 aromatic carbocycles. The van der Waals surface area contributed by atoms with Crippen LogP contribution in [0.3, 0.4) is 0 Å². The summed E-state index contributed by atoms with van der Waals surface area (Å²) < 4.78 is 5.59. The molecule has 1 N–H and O–H groups in total. The molecule has 0 amide bonds. The molecule has 0 aliphatic carbocycles. The van der Waals surface area contributed by atoms with Gasteiger partial charge in [-0.05, 0) is 30.5 Å². The predicted octanol–water partition coefficient (Wildman–Crippen LogP) is 5.46. The SMILES string of the molecule is Cc1nc(NC[C@@H](C)c2ccccc2)c2onc(-c3ccc(Cl)cc3)c2n1. The highest BCUT2D eigenvalue weighted by molar-refractivity contribution is 6.30. The van der Waals surface area contributed by atoms with Crippen LogP contribution in [0.2, 0.25) is 5.02 Å². The van der Waals surface area contributed by atoms with Crippen molar-refractivity contribution in [1.82, 2.24) is 15.1 Å². The molecule has 0 bridgehead atoms. The molecule has 5 nitrogen and oxygen atoms in total. The summed E-state index contributed by atoms with van der Waals surface area (Å²) in [6.07, 6.45) is 0. The molecular weight excluding hydrogens is 360 g/mol. The number of anilines is 1. The fourth-order valence-electron chi connectivity index (χ4n) is 3.01. The molecule has 2 aromatic heterocycles. The topological polar surface area (TPSA) is 63.8 Å². The van der Waals surface area contributed by atoms with Crippen LogP contribution in [0.15, 0.2) is 59.1 Å². The Kier molecular flexibility index (Phi) is 4.77. The maximum atomic E-state index is 5.98. The molecular formula is C21H19ClN4O. The van der Waals surface area contributed by atoms with Gasteiger partial charge >= 0.3 is 0 Å². The Labute approximate surface area is 162 Å². The van der Waals surface area contributed by atoms with Crippen molar-refractivity contribution in [2.75, 3.05) is 11.9 Å². The molecule has 1 atom stereocenters. The summed E-state index contributed by atoms with van der Waals surface area (Å²) in [7, 11) is 0. The van der Waals surface area contributed by atoms with E-state index in [-0.39, 0.29) is 0 Å². The molecule has 0 fully saturated rings. The van der Waals surface area contributed by atoms with Crippen molar-refractivity contribution in [3.8, 4) is 11.3 Å². The molecule has 6 heteroatoms. The zero-order chi connectivity index (χ0) is 18.8. The Morgan fingerprint density at radius 3 is 2.52 bits per heavy atom. The molecule has 2 heterocycles. The molecule has 0 radical (unpaired) electrons. The summed E-state index contributed by atoms with van der Waals surface area (Å²) in [5, 5.41) is 8.29. The molecule has 0 aliphatic rings. The quantitative estimate of drug-likeness (QED) is 0.499. The van der Waals surface area contributed by atoms with Crippen molar-refractivity contribution < 1.29 is 4.52 Å². The van der Waals surface area contributed by atoms with Crippen molar-refractivity contribution >= 4 is 28.5 Å². The minimum absolute atomic E-state index is 0.329. The van der Waals surface area contributed by atoms with Gasteiger partial charge < -0.3 is 9.84 Å². The van der Waals surface area contributed by atoms with E-state index in [9.17, 15) is 0 Å². The highest BCUT2D eigenvalue weighted by Crippen LogP contribution is 2.31. The maximum Gasteiger partial charge on any atom is 0.228 e. The molecule has 0 saturated carbocycles. The lowest BCUT2D eigenvalue weighted by atomic mass is 10.0. The lowest BCUT2D eigenvalue weighted by Crippen LogP contribution is -2.11. The Balaban J connectivity index is 1.65. The second-order valence-corrected chi connectivity index (χ2v) is 6.96.